The fourth-order valence-corrected chi connectivity index (χ4v) is 4.83. The van der Waals surface area contributed by atoms with E-state index in [1.165, 1.54) is 6.42 Å². The Bertz CT molecular complexity index is 549. The number of hydrogen-bond donors (Lipinski definition) is 1. The van der Waals surface area contributed by atoms with E-state index in [0.717, 1.165) is 28.9 Å². The number of hydrogen-bond acceptors (Lipinski definition) is 3. The van der Waals surface area contributed by atoms with Crippen molar-refractivity contribution < 1.29 is 9.47 Å². The summed E-state index contributed by atoms with van der Waals surface area (Å²) in [5, 5.41) is 4.34. The highest BCUT2D eigenvalue weighted by Gasteiger charge is 2.58. The molecule has 21 heavy (non-hydrogen) atoms. The molecule has 0 spiro atoms. The highest BCUT2D eigenvalue weighted by atomic mass is 79.9. The number of fused-ring (bicyclic) bond motifs is 1. The van der Waals surface area contributed by atoms with Gasteiger partial charge in [0.15, 0.2) is 5.75 Å². The lowest BCUT2D eigenvalue weighted by molar-refractivity contribution is -0.177. The van der Waals surface area contributed by atoms with Crippen LogP contribution in [0.3, 0.4) is 0 Å². The van der Waals surface area contributed by atoms with Crippen LogP contribution in [0.25, 0.3) is 0 Å². The van der Waals surface area contributed by atoms with Gasteiger partial charge in [-0.1, -0.05) is 25.4 Å². The van der Waals surface area contributed by atoms with E-state index in [0.29, 0.717) is 23.1 Å². The topological polar surface area (TPSA) is 30.5 Å². The molecule has 0 amide bonds. The predicted molar refractivity (Wildman–Crippen MR) is 89.4 cm³/mol. The molecule has 1 heterocycles. The first-order chi connectivity index (χ1) is 9.95. The molecule has 3 nitrogen and oxygen atoms in total. The third-order valence-electron chi connectivity index (χ3n) is 4.85. The van der Waals surface area contributed by atoms with Gasteiger partial charge in [0.1, 0.15) is 0 Å². The van der Waals surface area contributed by atoms with E-state index in [4.69, 9.17) is 21.1 Å². The molecule has 1 aromatic rings. The minimum Gasteiger partial charge on any atom is -0.493 e. The molecule has 5 heteroatoms. The monoisotopic (exact) mass is 373 g/mol. The van der Waals surface area contributed by atoms with E-state index in [9.17, 15) is 0 Å². The average Bonchev–Trinajstić information content (AvgIpc) is 2.44. The molecule has 1 aliphatic carbocycles. The lowest BCUT2D eigenvalue weighted by atomic mass is 9.55. The second-order valence-electron chi connectivity index (χ2n) is 6.51. The molecule has 1 saturated carbocycles. The van der Waals surface area contributed by atoms with Crippen molar-refractivity contribution in [1.29, 1.82) is 0 Å². The molecule has 1 N–H and O–H groups in total. The third-order valence-corrected chi connectivity index (χ3v) is 5.66. The Morgan fingerprint density at radius 1 is 1.43 bits per heavy atom. The smallest absolute Gasteiger partial charge is 0.156 e. The van der Waals surface area contributed by atoms with Crippen molar-refractivity contribution >= 4 is 33.2 Å². The van der Waals surface area contributed by atoms with Crippen molar-refractivity contribution in [2.24, 2.45) is 11.3 Å². The number of rotatable bonds is 3. The van der Waals surface area contributed by atoms with Crippen molar-refractivity contribution in [3.05, 3.63) is 21.6 Å². The van der Waals surface area contributed by atoms with E-state index in [-0.39, 0.29) is 5.41 Å². The summed E-state index contributed by atoms with van der Waals surface area (Å²) in [6, 6.07) is 4.16. The summed E-state index contributed by atoms with van der Waals surface area (Å²) in [5.74, 6) is 1.37. The van der Waals surface area contributed by atoms with Crippen LogP contribution in [0.5, 0.6) is 5.75 Å². The van der Waals surface area contributed by atoms with Crippen LogP contribution in [0.1, 0.15) is 26.7 Å². The Morgan fingerprint density at radius 2 is 2.19 bits per heavy atom. The van der Waals surface area contributed by atoms with Gasteiger partial charge in [-0.05, 0) is 40.9 Å². The maximum atomic E-state index is 6.18. The zero-order valence-electron chi connectivity index (χ0n) is 12.6. The number of methoxy groups -OCH3 is 1. The molecule has 0 bridgehead atoms. The largest absolute Gasteiger partial charge is 0.493 e. The van der Waals surface area contributed by atoms with E-state index < -0.39 is 0 Å². The summed E-state index contributed by atoms with van der Waals surface area (Å²) >= 11 is 9.69. The Labute approximate surface area is 139 Å². The first-order valence-electron chi connectivity index (χ1n) is 7.36. The summed E-state index contributed by atoms with van der Waals surface area (Å²) in [6.45, 7) is 5.43. The molecule has 3 atom stereocenters. The molecule has 2 fully saturated rings. The summed E-state index contributed by atoms with van der Waals surface area (Å²) in [4.78, 5) is 0. The van der Waals surface area contributed by atoms with Crippen LogP contribution in [0.4, 0.5) is 5.69 Å². The Balaban J connectivity index is 1.87. The summed E-state index contributed by atoms with van der Waals surface area (Å²) in [7, 11) is 1.68. The van der Waals surface area contributed by atoms with E-state index in [2.05, 4.69) is 35.1 Å². The minimum absolute atomic E-state index is 0.116. The first-order valence-corrected chi connectivity index (χ1v) is 8.53. The molecule has 0 radical (unpaired) electrons. The third kappa shape index (κ3) is 2.55. The lowest BCUT2D eigenvalue weighted by Crippen LogP contribution is -2.67. The molecule has 1 saturated heterocycles. The lowest BCUT2D eigenvalue weighted by Gasteiger charge is -2.60. The van der Waals surface area contributed by atoms with Crippen LogP contribution >= 0.6 is 27.5 Å². The summed E-state index contributed by atoms with van der Waals surface area (Å²) in [5.41, 5.74) is 1.06. The molecule has 1 aromatic carbocycles. The number of benzene rings is 1. The van der Waals surface area contributed by atoms with Gasteiger partial charge in [-0.15, -0.1) is 0 Å². The number of halogens is 2. The van der Waals surface area contributed by atoms with Gasteiger partial charge in [-0.25, -0.2) is 0 Å². The van der Waals surface area contributed by atoms with E-state index in [1.807, 2.05) is 12.1 Å². The normalized spacial score (nSPS) is 30.2. The molecule has 0 aromatic heterocycles. The number of nitrogens with one attached hydrogen (secondary N) is 1. The van der Waals surface area contributed by atoms with Crippen molar-refractivity contribution in [3.63, 3.8) is 0 Å². The molecule has 3 unspecified atom stereocenters. The van der Waals surface area contributed by atoms with Crippen LogP contribution in [0.2, 0.25) is 5.02 Å². The second kappa shape index (κ2) is 5.64. The Kier molecular flexibility index (Phi) is 4.15. The van der Waals surface area contributed by atoms with Gasteiger partial charge in [0.2, 0.25) is 0 Å². The van der Waals surface area contributed by atoms with Crippen LogP contribution in [0.15, 0.2) is 16.6 Å². The molecular weight excluding hydrogens is 354 g/mol. The zero-order valence-corrected chi connectivity index (χ0v) is 14.9. The van der Waals surface area contributed by atoms with Crippen molar-refractivity contribution in [1.82, 2.24) is 0 Å². The SMILES string of the molecule is COc1c(Br)cc(Cl)cc1NC1C2CCCOC2C1(C)C. The van der Waals surface area contributed by atoms with Crippen molar-refractivity contribution in [3.8, 4) is 5.75 Å². The highest BCUT2D eigenvalue weighted by Crippen LogP contribution is 2.53. The molecule has 2 aliphatic rings. The maximum absolute atomic E-state index is 6.18. The van der Waals surface area contributed by atoms with Crippen LogP contribution in [-0.4, -0.2) is 25.9 Å². The average molecular weight is 375 g/mol. The number of anilines is 1. The van der Waals surface area contributed by atoms with Gasteiger partial charge in [-0.2, -0.15) is 0 Å². The zero-order chi connectivity index (χ0) is 15.2. The quantitative estimate of drug-likeness (QED) is 0.830. The van der Waals surface area contributed by atoms with Gasteiger partial charge >= 0.3 is 0 Å². The van der Waals surface area contributed by atoms with E-state index >= 15 is 0 Å². The van der Waals surface area contributed by atoms with E-state index in [1.54, 1.807) is 7.11 Å². The van der Waals surface area contributed by atoms with Gasteiger partial charge in [-0.3, -0.25) is 0 Å². The fourth-order valence-electron chi connectivity index (χ4n) is 3.86. The van der Waals surface area contributed by atoms with Crippen molar-refractivity contribution in [2.45, 2.75) is 38.8 Å². The summed E-state index contributed by atoms with van der Waals surface area (Å²) < 4.78 is 12.3. The van der Waals surface area contributed by atoms with Gasteiger partial charge in [0.05, 0.1) is 23.4 Å². The first kappa shape index (κ1) is 15.4. The number of ether oxygens (including phenoxy) is 2. The predicted octanol–water partition coefficient (Wildman–Crippen LogP) is 4.73. The fraction of sp³-hybridized carbons (Fsp3) is 0.625. The minimum atomic E-state index is 0.116. The van der Waals surface area contributed by atoms with Gasteiger partial charge in [0.25, 0.3) is 0 Å². The highest BCUT2D eigenvalue weighted by molar-refractivity contribution is 9.10. The molecule has 1 aliphatic heterocycles. The Morgan fingerprint density at radius 3 is 2.90 bits per heavy atom. The molecule has 3 rings (SSSR count). The standard InChI is InChI=1S/C16H21BrClNO2/c1-16(2)14(10-5-4-6-21-15(10)16)19-12-8-9(18)7-11(17)13(12)20-3/h7-8,10,14-15,19H,4-6H2,1-3H3. The van der Waals surface area contributed by atoms with Crippen LogP contribution in [-0.2, 0) is 4.74 Å². The van der Waals surface area contributed by atoms with Crippen LogP contribution in [0, 0.1) is 11.3 Å². The second-order valence-corrected chi connectivity index (χ2v) is 7.80. The summed E-state index contributed by atoms with van der Waals surface area (Å²) in [6.07, 6.45) is 2.72. The van der Waals surface area contributed by atoms with Crippen LogP contribution < -0.4 is 10.1 Å². The Hall–Kier alpha value is -0.450. The van der Waals surface area contributed by atoms with Gasteiger partial charge < -0.3 is 14.8 Å². The molecule has 116 valence electrons. The van der Waals surface area contributed by atoms with Crippen molar-refractivity contribution in [2.75, 3.05) is 19.0 Å². The maximum Gasteiger partial charge on any atom is 0.156 e. The van der Waals surface area contributed by atoms with Gasteiger partial charge in [0, 0.05) is 29.0 Å². The molecular formula is C16H21BrClNO2.